The predicted molar refractivity (Wildman–Crippen MR) is 116 cm³/mol. The van der Waals surface area contributed by atoms with Crippen LogP contribution in [0.4, 0.5) is 17.6 Å². The highest BCUT2D eigenvalue weighted by atomic mass is 16.5. The fourth-order valence-electron chi connectivity index (χ4n) is 3.56. The Balaban J connectivity index is 1.74. The molecule has 0 unspecified atom stereocenters. The number of aryl methyl sites for hydroxylation is 1. The Morgan fingerprint density at radius 2 is 2.26 bits per heavy atom. The van der Waals surface area contributed by atoms with Crippen LogP contribution in [-0.4, -0.2) is 61.9 Å². The van der Waals surface area contributed by atoms with E-state index in [2.05, 4.69) is 35.9 Å². The average Bonchev–Trinajstić information content (AvgIpc) is 3.43. The molecule has 3 aromatic rings. The first kappa shape index (κ1) is 21.1. The van der Waals surface area contributed by atoms with E-state index in [-0.39, 0.29) is 17.8 Å². The molecule has 0 aliphatic carbocycles. The summed E-state index contributed by atoms with van der Waals surface area (Å²) in [7, 11) is 0. The van der Waals surface area contributed by atoms with Crippen LogP contribution in [0.2, 0.25) is 0 Å². The minimum absolute atomic E-state index is 0.0841. The fraction of sp³-hybridized carbons (Fsp3) is 0.500. The van der Waals surface area contributed by atoms with Gasteiger partial charge in [0.1, 0.15) is 23.2 Å². The largest absolute Gasteiger partial charge is 0.380 e. The quantitative estimate of drug-likeness (QED) is 0.436. The van der Waals surface area contributed by atoms with Crippen LogP contribution in [0.3, 0.4) is 0 Å². The van der Waals surface area contributed by atoms with Crippen LogP contribution in [0.15, 0.2) is 18.6 Å². The van der Waals surface area contributed by atoms with Gasteiger partial charge < -0.3 is 15.4 Å². The summed E-state index contributed by atoms with van der Waals surface area (Å²) in [5, 5.41) is 14.0. The Bertz CT molecular complexity index is 1030. The molecule has 31 heavy (non-hydrogen) atoms. The van der Waals surface area contributed by atoms with Crippen LogP contribution >= 0.6 is 0 Å². The molecule has 0 radical (unpaired) electrons. The molecule has 11 nitrogen and oxygen atoms in total. The highest BCUT2D eigenvalue weighted by Crippen LogP contribution is 2.28. The van der Waals surface area contributed by atoms with Crippen LogP contribution in [0.1, 0.15) is 26.0 Å². The second-order valence-corrected chi connectivity index (χ2v) is 7.21. The van der Waals surface area contributed by atoms with Crippen LogP contribution in [-0.2, 0) is 22.5 Å². The highest BCUT2D eigenvalue weighted by molar-refractivity contribution is 5.95. The van der Waals surface area contributed by atoms with E-state index in [1.807, 2.05) is 18.5 Å². The van der Waals surface area contributed by atoms with E-state index < -0.39 is 0 Å². The maximum Gasteiger partial charge on any atom is 0.232 e. The molecule has 4 heterocycles. The summed E-state index contributed by atoms with van der Waals surface area (Å²) in [6.07, 6.45) is 4.60. The van der Waals surface area contributed by atoms with Gasteiger partial charge in [-0.1, -0.05) is 6.92 Å². The molecule has 4 rings (SSSR count). The number of carbonyl (C=O) groups excluding carboxylic acids is 1. The van der Waals surface area contributed by atoms with Gasteiger partial charge in [-0.25, -0.2) is 15.0 Å². The fourth-order valence-corrected chi connectivity index (χ4v) is 3.56. The van der Waals surface area contributed by atoms with Crippen LogP contribution in [0, 0.1) is 5.92 Å². The van der Waals surface area contributed by atoms with Crippen LogP contribution in [0.25, 0.3) is 11.0 Å². The zero-order valence-corrected chi connectivity index (χ0v) is 17.8. The van der Waals surface area contributed by atoms with Crippen molar-refractivity contribution in [3.8, 4) is 0 Å². The van der Waals surface area contributed by atoms with Gasteiger partial charge in [-0.05, 0) is 32.4 Å². The maximum atomic E-state index is 12.6. The number of nitrogens with one attached hydrogen (secondary N) is 3. The molecule has 0 spiro atoms. The molecule has 1 aliphatic rings. The first-order valence-corrected chi connectivity index (χ1v) is 10.6. The minimum Gasteiger partial charge on any atom is -0.380 e. The van der Waals surface area contributed by atoms with Gasteiger partial charge in [-0.15, -0.1) is 0 Å². The van der Waals surface area contributed by atoms with Gasteiger partial charge in [0.2, 0.25) is 11.9 Å². The first-order chi connectivity index (χ1) is 15.2. The SMILES string of the molecule is CCOCCn1nc(CC)c2nc(NC(=O)[C@H]3CCNC3)nc(Nc3ccncn3)c21. The van der Waals surface area contributed by atoms with Crippen molar-refractivity contribution in [2.75, 3.05) is 36.9 Å². The van der Waals surface area contributed by atoms with E-state index in [4.69, 9.17) is 9.84 Å². The number of carbonyl (C=O) groups is 1. The number of amides is 1. The predicted octanol–water partition coefficient (Wildman–Crippen LogP) is 1.51. The third-order valence-corrected chi connectivity index (χ3v) is 5.14. The van der Waals surface area contributed by atoms with E-state index >= 15 is 0 Å². The van der Waals surface area contributed by atoms with Crippen molar-refractivity contribution in [1.82, 2.24) is 35.0 Å². The summed E-state index contributed by atoms with van der Waals surface area (Å²) >= 11 is 0. The van der Waals surface area contributed by atoms with Crippen molar-refractivity contribution in [2.24, 2.45) is 5.92 Å². The van der Waals surface area contributed by atoms with Gasteiger partial charge in [0.15, 0.2) is 5.82 Å². The molecular weight excluding hydrogens is 398 g/mol. The Labute approximate surface area is 180 Å². The van der Waals surface area contributed by atoms with Gasteiger partial charge in [0.05, 0.1) is 24.8 Å². The summed E-state index contributed by atoms with van der Waals surface area (Å²) in [4.78, 5) is 30.1. The van der Waals surface area contributed by atoms with E-state index in [1.165, 1.54) is 6.33 Å². The van der Waals surface area contributed by atoms with Gasteiger partial charge in [-0.2, -0.15) is 10.1 Å². The van der Waals surface area contributed by atoms with Crippen molar-refractivity contribution in [1.29, 1.82) is 0 Å². The molecule has 1 atom stereocenters. The number of fused-ring (bicyclic) bond motifs is 1. The van der Waals surface area contributed by atoms with Crippen molar-refractivity contribution in [3.63, 3.8) is 0 Å². The van der Waals surface area contributed by atoms with E-state index in [9.17, 15) is 4.79 Å². The van der Waals surface area contributed by atoms with Gasteiger partial charge in [0.25, 0.3) is 0 Å². The summed E-state index contributed by atoms with van der Waals surface area (Å²) in [6, 6.07) is 1.75. The average molecular weight is 425 g/mol. The third-order valence-electron chi connectivity index (χ3n) is 5.14. The van der Waals surface area contributed by atoms with Gasteiger partial charge in [-0.3, -0.25) is 14.8 Å². The number of anilines is 3. The number of nitrogens with zero attached hydrogens (tertiary/aromatic N) is 6. The van der Waals surface area contributed by atoms with Crippen LogP contribution < -0.4 is 16.0 Å². The molecule has 1 aliphatic heterocycles. The lowest BCUT2D eigenvalue weighted by Gasteiger charge is -2.12. The van der Waals surface area contributed by atoms with E-state index in [1.54, 1.807) is 12.3 Å². The molecule has 3 N–H and O–H groups in total. The number of hydrogen-bond acceptors (Lipinski definition) is 9. The third kappa shape index (κ3) is 4.78. The van der Waals surface area contributed by atoms with Crippen LogP contribution in [0.5, 0.6) is 0 Å². The highest BCUT2D eigenvalue weighted by Gasteiger charge is 2.25. The zero-order chi connectivity index (χ0) is 21.6. The molecule has 1 saturated heterocycles. The molecule has 164 valence electrons. The van der Waals surface area contributed by atoms with E-state index in [0.717, 1.165) is 24.2 Å². The lowest BCUT2D eigenvalue weighted by atomic mass is 10.1. The maximum absolute atomic E-state index is 12.6. The van der Waals surface area contributed by atoms with E-state index in [0.29, 0.717) is 49.9 Å². The number of hydrogen-bond donors (Lipinski definition) is 3. The molecule has 11 heteroatoms. The molecule has 1 amide bonds. The standard InChI is InChI=1S/C20H27N9O2/c1-3-14-16-17(29(28-14)9-10-31-4-2)18(24-15-6-8-22-12-23-15)26-20(25-16)27-19(30)13-5-7-21-11-13/h6,8,12-13,21H,3-5,7,9-11H2,1-2H3,(H2,22,23,24,25,26,27,30)/t13-/m0/s1. The summed E-state index contributed by atoms with van der Waals surface area (Å²) in [5.41, 5.74) is 2.28. The zero-order valence-electron chi connectivity index (χ0n) is 17.8. The van der Waals surface area contributed by atoms with Crippen molar-refractivity contribution in [2.45, 2.75) is 33.2 Å². The normalized spacial score (nSPS) is 16.0. The lowest BCUT2D eigenvalue weighted by molar-refractivity contribution is -0.119. The summed E-state index contributed by atoms with van der Waals surface area (Å²) in [6.45, 7) is 7.20. The number of ether oxygens (including phenoxy) is 1. The minimum atomic E-state index is -0.0860. The Morgan fingerprint density at radius 1 is 1.35 bits per heavy atom. The second-order valence-electron chi connectivity index (χ2n) is 7.21. The monoisotopic (exact) mass is 425 g/mol. The Hall–Kier alpha value is -3.18. The van der Waals surface area contributed by atoms with Gasteiger partial charge >= 0.3 is 0 Å². The van der Waals surface area contributed by atoms with Crippen molar-refractivity contribution >= 4 is 34.5 Å². The van der Waals surface area contributed by atoms with Crippen molar-refractivity contribution in [3.05, 3.63) is 24.3 Å². The van der Waals surface area contributed by atoms with Gasteiger partial charge in [0, 0.05) is 19.3 Å². The molecular formula is C20H27N9O2. The van der Waals surface area contributed by atoms with Crippen molar-refractivity contribution < 1.29 is 9.53 Å². The molecule has 0 bridgehead atoms. The smallest absolute Gasteiger partial charge is 0.232 e. The molecule has 1 fully saturated rings. The molecule has 0 saturated carbocycles. The Kier molecular flexibility index (Phi) is 6.63. The number of aromatic nitrogens is 6. The molecule has 0 aromatic carbocycles. The lowest BCUT2D eigenvalue weighted by Crippen LogP contribution is -2.25. The first-order valence-electron chi connectivity index (χ1n) is 10.6. The summed E-state index contributed by atoms with van der Waals surface area (Å²) < 4.78 is 7.36. The summed E-state index contributed by atoms with van der Waals surface area (Å²) in [5.74, 6) is 1.19. The second kappa shape index (κ2) is 9.75. The molecule has 3 aromatic heterocycles. The number of rotatable bonds is 9. The topological polar surface area (TPSA) is 132 Å². The Morgan fingerprint density at radius 3 is 2.97 bits per heavy atom.